The predicted octanol–water partition coefficient (Wildman–Crippen LogP) is 2.25. The standard InChI is InChI=1S/C12H16O4/c1-6(2)11(14)10-8(13)5-9(16-4)7(3)12(10)15/h5-6,13,15H,1-4H3. The van der Waals surface area contributed by atoms with E-state index in [1.807, 2.05) is 0 Å². The molecule has 16 heavy (non-hydrogen) atoms. The lowest BCUT2D eigenvalue weighted by Gasteiger charge is -2.13. The van der Waals surface area contributed by atoms with Crippen LogP contribution in [0.25, 0.3) is 0 Å². The van der Waals surface area contributed by atoms with Crippen LogP contribution < -0.4 is 4.74 Å². The highest BCUT2D eigenvalue weighted by molar-refractivity contribution is 6.03. The summed E-state index contributed by atoms with van der Waals surface area (Å²) >= 11 is 0. The van der Waals surface area contributed by atoms with Crippen molar-refractivity contribution in [3.63, 3.8) is 0 Å². The van der Waals surface area contributed by atoms with Gasteiger partial charge < -0.3 is 14.9 Å². The van der Waals surface area contributed by atoms with Crippen LogP contribution in [0, 0.1) is 12.8 Å². The topological polar surface area (TPSA) is 66.8 Å². The van der Waals surface area contributed by atoms with E-state index in [4.69, 9.17) is 4.74 Å². The van der Waals surface area contributed by atoms with Crippen molar-refractivity contribution in [1.82, 2.24) is 0 Å². The molecular formula is C12H16O4. The Labute approximate surface area is 94.5 Å². The number of carbonyl (C=O) groups excluding carboxylic acids is 1. The minimum Gasteiger partial charge on any atom is -0.507 e. The molecule has 0 unspecified atom stereocenters. The molecule has 0 bridgehead atoms. The van der Waals surface area contributed by atoms with Gasteiger partial charge in [-0.2, -0.15) is 0 Å². The molecule has 0 atom stereocenters. The zero-order valence-electron chi connectivity index (χ0n) is 9.87. The van der Waals surface area contributed by atoms with Crippen LogP contribution in [0.4, 0.5) is 0 Å². The molecule has 88 valence electrons. The van der Waals surface area contributed by atoms with E-state index < -0.39 is 0 Å². The first kappa shape index (κ1) is 12.4. The Hall–Kier alpha value is -1.71. The third-order valence-corrected chi connectivity index (χ3v) is 2.48. The third-order valence-electron chi connectivity index (χ3n) is 2.48. The van der Waals surface area contributed by atoms with Gasteiger partial charge in [0.05, 0.1) is 7.11 Å². The minimum absolute atomic E-state index is 0.0340. The maximum absolute atomic E-state index is 11.8. The lowest BCUT2D eigenvalue weighted by Crippen LogP contribution is -2.09. The number of rotatable bonds is 3. The van der Waals surface area contributed by atoms with E-state index in [0.717, 1.165) is 0 Å². The summed E-state index contributed by atoms with van der Waals surface area (Å²) in [5.74, 6) is -0.685. The number of benzene rings is 1. The maximum atomic E-state index is 11.8. The van der Waals surface area contributed by atoms with E-state index in [-0.39, 0.29) is 28.8 Å². The molecule has 0 aliphatic heterocycles. The van der Waals surface area contributed by atoms with Gasteiger partial charge in [-0.25, -0.2) is 0 Å². The fourth-order valence-electron chi connectivity index (χ4n) is 1.47. The predicted molar refractivity (Wildman–Crippen MR) is 60.2 cm³/mol. The summed E-state index contributed by atoms with van der Waals surface area (Å²) in [7, 11) is 1.44. The highest BCUT2D eigenvalue weighted by Gasteiger charge is 2.22. The number of aromatic hydroxyl groups is 2. The summed E-state index contributed by atoms with van der Waals surface area (Å²) < 4.78 is 4.97. The van der Waals surface area contributed by atoms with Gasteiger partial charge in [0, 0.05) is 17.5 Å². The zero-order valence-corrected chi connectivity index (χ0v) is 9.87. The molecule has 0 heterocycles. The third kappa shape index (κ3) is 1.96. The Morgan fingerprint density at radius 3 is 2.38 bits per heavy atom. The highest BCUT2D eigenvalue weighted by Crippen LogP contribution is 2.38. The molecule has 1 aromatic rings. The van der Waals surface area contributed by atoms with Gasteiger partial charge in [-0.3, -0.25) is 4.79 Å². The van der Waals surface area contributed by atoms with Gasteiger partial charge in [-0.05, 0) is 6.92 Å². The number of phenolic OH excluding ortho intramolecular Hbond substituents is 2. The normalized spacial score (nSPS) is 10.6. The van der Waals surface area contributed by atoms with Crippen molar-refractivity contribution in [2.24, 2.45) is 5.92 Å². The Balaban J connectivity index is 3.42. The van der Waals surface area contributed by atoms with E-state index in [1.165, 1.54) is 13.2 Å². The smallest absolute Gasteiger partial charge is 0.172 e. The number of ether oxygens (including phenoxy) is 1. The van der Waals surface area contributed by atoms with Crippen LogP contribution in [0.15, 0.2) is 6.07 Å². The van der Waals surface area contributed by atoms with Gasteiger partial charge in [-0.1, -0.05) is 13.8 Å². The van der Waals surface area contributed by atoms with Crippen molar-refractivity contribution in [3.8, 4) is 17.2 Å². The number of ketones is 1. The van der Waals surface area contributed by atoms with E-state index in [2.05, 4.69) is 0 Å². The van der Waals surface area contributed by atoms with Gasteiger partial charge in [0.2, 0.25) is 0 Å². The van der Waals surface area contributed by atoms with E-state index in [0.29, 0.717) is 11.3 Å². The SMILES string of the molecule is COc1cc(O)c(C(=O)C(C)C)c(O)c1C. The molecule has 0 fully saturated rings. The molecule has 0 radical (unpaired) electrons. The first-order chi connectivity index (χ1) is 7.40. The second-order valence-electron chi connectivity index (χ2n) is 3.97. The summed E-state index contributed by atoms with van der Waals surface area (Å²) in [6, 6.07) is 1.34. The number of carbonyl (C=O) groups is 1. The first-order valence-corrected chi connectivity index (χ1v) is 5.03. The fourth-order valence-corrected chi connectivity index (χ4v) is 1.47. The van der Waals surface area contributed by atoms with Crippen molar-refractivity contribution < 1.29 is 19.7 Å². The van der Waals surface area contributed by atoms with Gasteiger partial charge in [0.1, 0.15) is 22.8 Å². The average molecular weight is 224 g/mol. The van der Waals surface area contributed by atoms with Crippen molar-refractivity contribution in [2.75, 3.05) is 7.11 Å². The van der Waals surface area contributed by atoms with Crippen molar-refractivity contribution in [1.29, 1.82) is 0 Å². The number of Topliss-reactive ketones (excluding diaryl/α,β-unsaturated/α-hetero) is 1. The lowest BCUT2D eigenvalue weighted by molar-refractivity contribution is 0.0933. The molecule has 4 nitrogen and oxygen atoms in total. The molecule has 4 heteroatoms. The molecule has 0 aliphatic carbocycles. The van der Waals surface area contributed by atoms with Crippen molar-refractivity contribution in [2.45, 2.75) is 20.8 Å². The molecule has 2 N–H and O–H groups in total. The Bertz CT molecular complexity index is 422. The number of hydrogen-bond acceptors (Lipinski definition) is 4. The second kappa shape index (κ2) is 4.43. The molecule has 1 aromatic carbocycles. The number of methoxy groups -OCH3 is 1. The Kier molecular flexibility index (Phi) is 3.42. The molecular weight excluding hydrogens is 208 g/mol. The highest BCUT2D eigenvalue weighted by atomic mass is 16.5. The first-order valence-electron chi connectivity index (χ1n) is 5.03. The summed E-state index contributed by atoms with van der Waals surface area (Å²) in [6.45, 7) is 5.05. The van der Waals surface area contributed by atoms with Gasteiger partial charge in [0.15, 0.2) is 5.78 Å². The molecule has 0 aromatic heterocycles. The molecule has 0 saturated carbocycles. The van der Waals surface area contributed by atoms with E-state index in [9.17, 15) is 15.0 Å². The van der Waals surface area contributed by atoms with Crippen LogP contribution in [0.1, 0.15) is 29.8 Å². The summed E-state index contributed by atoms with van der Waals surface area (Å²) in [5.41, 5.74) is 0.414. The second-order valence-corrected chi connectivity index (χ2v) is 3.97. The minimum atomic E-state index is -0.291. The quantitative estimate of drug-likeness (QED) is 0.773. The molecule has 1 rings (SSSR count). The maximum Gasteiger partial charge on any atom is 0.172 e. The fraction of sp³-hybridized carbons (Fsp3) is 0.417. The van der Waals surface area contributed by atoms with Crippen LogP contribution in [0.5, 0.6) is 17.2 Å². The van der Waals surface area contributed by atoms with E-state index >= 15 is 0 Å². The van der Waals surface area contributed by atoms with E-state index in [1.54, 1.807) is 20.8 Å². The van der Waals surface area contributed by atoms with Crippen LogP contribution in [-0.2, 0) is 0 Å². The van der Waals surface area contributed by atoms with Crippen LogP contribution >= 0.6 is 0 Å². The van der Waals surface area contributed by atoms with Gasteiger partial charge in [0.25, 0.3) is 0 Å². The Morgan fingerprint density at radius 1 is 1.38 bits per heavy atom. The molecule has 0 saturated heterocycles. The van der Waals surface area contributed by atoms with Crippen molar-refractivity contribution >= 4 is 5.78 Å². The average Bonchev–Trinajstić information content (AvgIpc) is 2.23. The number of hydrogen-bond donors (Lipinski definition) is 2. The lowest BCUT2D eigenvalue weighted by atomic mass is 9.97. The largest absolute Gasteiger partial charge is 0.507 e. The van der Waals surface area contributed by atoms with Crippen molar-refractivity contribution in [3.05, 3.63) is 17.2 Å². The molecule has 0 amide bonds. The molecule has 0 aliphatic rings. The zero-order chi connectivity index (χ0) is 12.5. The summed E-state index contributed by atoms with van der Waals surface area (Å²) in [4.78, 5) is 11.8. The summed E-state index contributed by atoms with van der Waals surface area (Å²) in [5, 5.41) is 19.5. The van der Waals surface area contributed by atoms with Crippen LogP contribution in [0.2, 0.25) is 0 Å². The van der Waals surface area contributed by atoms with Crippen LogP contribution in [-0.4, -0.2) is 23.1 Å². The summed E-state index contributed by atoms with van der Waals surface area (Å²) in [6.07, 6.45) is 0. The number of phenols is 2. The van der Waals surface area contributed by atoms with Gasteiger partial charge in [-0.15, -0.1) is 0 Å². The molecule has 0 spiro atoms. The monoisotopic (exact) mass is 224 g/mol. The Morgan fingerprint density at radius 2 is 1.94 bits per heavy atom. The van der Waals surface area contributed by atoms with Crippen LogP contribution in [0.3, 0.4) is 0 Å². The van der Waals surface area contributed by atoms with Gasteiger partial charge >= 0.3 is 0 Å².